The van der Waals surface area contributed by atoms with Gasteiger partial charge in [-0.3, -0.25) is 0 Å². The van der Waals surface area contributed by atoms with Crippen LogP contribution < -0.4 is 9.46 Å². The summed E-state index contributed by atoms with van der Waals surface area (Å²) in [6.07, 6.45) is 0. The molecule has 0 saturated carbocycles. The first kappa shape index (κ1) is 15.5. The molecule has 4 nitrogen and oxygen atoms in total. The second kappa shape index (κ2) is 6.74. The van der Waals surface area contributed by atoms with Gasteiger partial charge in [-0.1, -0.05) is 31.2 Å². The molecule has 0 radical (unpaired) electrons. The normalized spacial score (nSPS) is 11.3. The van der Waals surface area contributed by atoms with Crippen molar-refractivity contribution < 1.29 is 13.2 Å². The Morgan fingerprint density at radius 1 is 0.905 bits per heavy atom. The van der Waals surface area contributed by atoms with E-state index in [9.17, 15) is 8.42 Å². The van der Waals surface area contributed by atoms with Crippen LogP contribution in [0.4, 0.5) is 0 Å². The molecule has 2 rings (SSSR count). The zero-order valence-electron chi connectivity index (χ0n) is 12.2. The highest BCUT2D eigenvalue weighted by Gasteiger charge is 2.12. The summed E-state index contributed by atoms with van der Waals surface area (Å²) < 4.78 is 31.6. The van der Waals surface area contributed by atoms with Crippen LogP contribution in [0, 0.1) is 0 Å². The molecule has 0 fully saturated rings. The average Bonchev–Trinajstić information content (AvgIpc) is 2.48. The molecule has 0 heterocycles. The molecule has 0 amide bonds. The Morgan fingerprint density at radius 2 is 1.43 bits per heavy atom. The monoisotopic (exact) mass is 305 g/mol. The molecular formula is C16H19NO3S. The van der Waals surface area contributed by atoms with Crippen LogP contribution in [0.3, 0.4) is 0 Å². The lowest BCUT2D eigenvalue weighted by atomic mass is 10.1. The van der Waals surface area contributed by atoms with Crippen LogP contribution in [0.5, 0.6) is 5.75 Å². The van der Waals surface area contributed by atoms with E-state index in [0.29, 0.717) is 13.2 Å². The zero-order valence-corrected chi connectivity index (χ0v) is 13.0. The van der Waals surface area contributed by atoms with E-state index < -0.39 is 10.0 Å². The van der Waals surface area contributed by atoms with Crippen LogP contribution in [0.2, 0.25) is 0 Å². The van der Waals surface area contributed by atoms with Crippen LogP contribution in [0.15, 0.2) is 53.4 Å². The third-order valence-electron chi connectivity index (χ3n) is 3.00. The summed E-state index contributed by atoms with van der Waals surface area (Å²) in [5, 5.41) is 0. The van der Waals surface area contributed by atoms with Crippen molar-refractivity contribution in [3.05, 3.63) is 48.5 Å². The summed E-state index contributed by atoms with van der Waals surface area (Å²) in [6.45, 7) is 4.71. The van der Waals surface area contributed by atoms with Gasteiger partial charge in [-0.15, -0.1) is 0 Å². The predicted molar refractivity (Wildman–Crippen MR) is 83.9 cm³/mol. The minimum absolute atomic E-state index is 0.277. The second-order valence-corrected chi connectivity index (χ2v) is 6.25. The standard InChI is InChI=1S/C16H19NO3S/c1-3-17-21(18,19)16-11-7-14(8-12-16)13-5-9-15(10-6-13)20-4-2/h5-12,17H,3-4H2,1-2H3. The van der Waals surface area contributed by atoms with Crippen molar-refractivity contribution in [3.8, 4) is 16.9 Å². The van der Waals surface area contributed by atoms with Gasteiger partial charge in [-0.25, -0.2) is 13.1 Å². The lowest BCUT2D eigenvalue weighted by Crippen LogP contribution is -2.22. The molecule has 5 heteroatoms. The van der Waals surface area contributed by atoms with Gasteiger partial charge in [0.2, 0.25) is 10.0 Å². The van der Waals surface area contributed by atoms with E-state index >= 15 is 0 Å². The summed E-state index contributed by atoms with van der Waals surface area (Å²) >= 11 is 0. The number of sulfonamides is 1. The molecular weight excluding hydrogens is 286 g/mol. The highest BCUT2D eigenvalue weighted by molar-refractivity contribution is 7.89. The van der Waals surface area contributed by atoms with Crippen molar-refractivity contribution in [2.75, 3.05) is 13.2 Å². The van der Waals surface area contributed by atoms with Crippen molar-refractivity contribution >= 4 is 10.0 Å². The molecule has 21 heavy (non-hydrogen) atoms. The fourth-order valence-corrected chi connectivity index (χ4v) is 3.05. The molecule has 0 saturated heterocycles. The topological polar surface area (TPSA) is 55.4 Å². The SMILES string of the molecule is CCNS(=O)(=O)c1ccc(-c2ccc(OCC)cc2)cc1. The summed E-state index contributed by atoms with van der Waals surface area (Å²) in [7, 11) is -3.39. The maximum atomic E-state index is 11.9. The second-order valence-electron chi connectivity index (χ2n) is 4.48. The maximum absolute atomic E-state index is 11.9. The number of ether oxygens (including phenoxy) is 1. The van der Waals surface area contributed by atoms with Gasteiger partial charge >= 0.3 is 0 Å². The Kier molecular flexibility index (Phi) is 4.98. The minimum Gasteiger partial charge on any atom is -0.494 e. The minimum atomic E-state index is -3.39. The largest absolute Gasteiger partial charge is 0.494 e. The highest BCUT2D eigenvalue weighted by Crippen LogP contribution is 2.23. The van der Waals surface area contributed by atoms with Gasteiger partial charge in [0.1, 0.15) is 5.75 Å². The smallest absolute Gasteiger partial charge is 0.240 e. The van der Waals surface area contributed by atoms with Gasteiger partial charge in [-0.05, 0) is 42.3 Å². The van der Waals surface area contributed by atoms with E-state index in [1.165, 1.54) is 0 Å². The lowest BCUT2D eigenvalue weighted by Gasteiger charge is -2.07. The molecule has 2 aromatic rings. The van der Waals surface area contributed by atoms with Crippen molar-refractivity contribution in [3.63, 3.8) is 0 Å². The number of hydrogen-bond acceptors (Lipinski definition) is 3. The van der Waals surface area contributed by atoms with Gasteiger partial charge in [-0.2, -0.15) is 0 Å². The third-order valence-corrected chi connectivity index (χ3v) is 4.56. The zero-order chi connectivity index (χ0) is 15.3. The number of nitrogens with one attached hydrogen (secondary N) is 1. The van der Waals surface area contributed by atoms with Crippen LogP contribution in [0.25, 0.3) is 11.1 Å². The number of rotatable bonds is 6. The van der Waals surface area contributed by atoms with Crippen LogP contribution in [-0.2, 0) is 10.0 Å². The van der Waals surface area contributed by atoms with E-state index in [4.69, 9.17) is 4.74 Å². The molecule has 0 bridgehead atoms. The van der Waals surface area contributed by atoms with Gasteiger partial charge in [0.25, 0.3) is 0 Å². The summed E-state index contributed by atoms with van der Waals surface area (Å²) in [6, 6.07) is 14.6. The fraction of sp³-hybridized carbons (Fsp3) is 0.250. The Hall–Kier alpha value is -1.85. The van der Waals surface area contributed by atoms with Gasteiger partial charge in [0.05, 0.1) is 11.5 Å². The molecule has 2 aromatic carbocycles. The average molecular weight is 305 g/mol. The van der Waals surface area contributed by atoms with Gasteiger partial charge in [0, 0.05) is 6.54 Å². The van der Waals surface area contributed by atoms with Crippen molar-refractivity contribution in [2.24, 2.45) is 0 Å². The summed E-state index contributed by atoms with van der Waals surface area (Å²) in [5.74, 6) is 0.826. The van der Waals surface area contributed by atoms with E-state index in [0.717, 1.165) is 16.9 Å². The van der Waals surface area contributed by atoms with Gasteiger partial charge < -0.3 is 4.74 Å². The van der Waals surface area contributed by atoms with E-state index in [-0.39, 0.29) is 4.90 Å². The molecule has 1 N–H and O–H groups in total. The molecule has 0 atom stereocenters. The predicted octanol–water partition coefficient (Wildman–Crippen LogP) is 3.05. The fourth-order valence-electron chi connectivity index (χ4n) is 2.01. The van der Waals surface area contributed by atoms with Crippen molar-refractivity contribution in [2.45, 2.75) is 18.7 Å². The van der Waals surface area contributed by atoms with Gasteiger partial charge in [0.15, 0.2) is 0 Å². The summed E-state index contributed by atoms with van der Waals surface area (Å²) in [4.78, 5) is 0.277. The molecule has 0 aliphatic heterocycles. The quantitative estimate of drug-likeness (QED) is 0.892. The van der Waals surface area contributed by atoms with E-state index in [1.807, 2.05) is 31.2 Å². The Balaban J connectivity index is 2.22. The first-order chi connectivity index (χ1) is 10.1. The van der Waals surface area contributed by atoms with Crippen LogP contribution in [0.1, 0.15) is 13.8 Å². The number of hydrogen-bond donors (Lipinski definition) is 1. The van der Waals surface area contributed by atoms with Crippen molar-refractivity contribution in [1.29, 1.82) is 0 Å². The van der Waals surface area contributed by atoms with Crippen molar-refractivity contribution in [1.82, 2.24) is 4.72 Å². The molecule has 0 aliphatic carbocycles. The molecule has 0 unspecified atom stereocenters. The first-order valence-electron chi connectivity index (χ1n) is 6.89. The Bertz CT molecular complexity index is 676. The van der Waals surface area contributed by atoms with Crippen LogP contribution in [-0.4, -0.2) is 21.6 Å². The molecule has 0 aliphatic rings. The highest BCUT2D eigenvalue weighted by atomic mass is 32.2. The Labute approximate surface area is 125 Å². The molecule has 0 aromatic heterocycles. The molecule has 0 spiro atoms. The lowest BCUT2D eigenvalue weighted by molar-refractivity contribution is 0.340. The third kappa shape index (κ3) is 3.83. The maximum Gasteiger partial charge on any atom is 0.240 e. The number of benzene rings is 2. The van der Waals surface area contributed by atoms with E-state index in [1.54, 1.807) is 31.2 Å². The van der Waals surface area contributed by atoms with E-state index in [2.05, 4.69) is 4.72 Å². The first-order valence-corrected chi connectivity index (χ1v) is 8.38. The van der Waals surface area contributed by atoms with Crippen LogP contribution >= 0.6 is 0 Å². The molecule has 112 valence electrons. The summed E-state index contributed by atoms with van der Waals surface area (Å²) in [5.41, 5.74) is 1.99. The Morgan fingerprint density at radius 3 is 1.90 bits per heavy atom.